The van der Waals surface area contributed by atoms with Crippen LogP contribution in [0.3, 0.4) is 0 Å². The molecule has 0 bridgehead atoms. The fourth-order valence-corrected chi connectivity index (χ4v) is 3.13. The minimum Gasteiger partial charge on any atom is -0.477 e. The minimum absolute atomic E-state index is 0.120. The number of ether oxygens (including phenoxy) is 1. The SMILES string of the molecule is CCc1nc(C2CC2)nc(OCCc2ccccc2C(F)(F)F)c1CCN. The molecule has 0 atom stereocenters. The van der Waals surface area contributed by atoms with E-state index in [9.17, 15) is 13.2 Å². The molecule has 7 heteroatoms. The fourth-order valence-electron chi connectivity index (χ4n) is 3.13. The number of hydrogen-bond donors (Lipinski definition) is 1. The third-order valence-corrected chi connectivity index (χ3v) is 4.68. The summed E-state index contributed by atoms with van der Waals surface area (Å²) in [5.74, 6) is 1.62. The van der Waals surface area contributed by atoms with Gasteiger partial charge in [-0.2, -0.15) is 18.2 Å². The van der Waals surface area contributed by atoms with Crippen LogP contribution < -0.4 is 10.5 Å². The summed E-state index contributed by atoms with van der Waals surface area (Å²) in [5, 5.41) is 0. The topological polar surface area (TPSA) is 61.0 Å². The standard InChI is InChI=1S/C20H24F3N3O/c1-2-17-15(9-11-24)19(26-18(25-17)14-7-8-14)27-12-10-13-5-3-4-6-16(13)20(21,22)23/h3-6,14H,2,7-12,24H2,1H3. The zero-order valence-corrected chi connectivity index (χ0v) is 15.4. The second-order valence-electron chi connectivity index (χ2n) is 6.73. The molecule has 1 aromatic carbocycles. The van der Waals surface area contributed by atoms with E-state index in [4.69, 9.17) is 10.5 Å². The molecule has 0 amide bonds. The monoisotopic (exact) mass is 379 g/mol. The van der Waals surface area contributed by atoms with Crippen LogP contribution in [0.5, 0.6) is 5.88 Å². The van der Waals surface area contributed by atoms with Gasteiger partial charge < -0.3 is 10.5 Å². The lowest BCUT2D eigenvalue weighted by molar-refractivity contribution is -0.138. The lowest BCUT2D eigenvalue weighted by Gasteiger charge is -2.16. The number of rotatable bonds is 8. The largest absolute Gasteiger partial charge is 0.477 e. The predicted molar refractivity (Wildman–Crippen MR) is 96.8 cm³/mol. The summed E-state index contributed by atoms with van der Waals surface area (Å²) < 4.78 is 45.3. The Balaban J connectivity index is 1.79. The van der Waals surface area contributed by atoms with Gasteiger partial charge in [-0.15, -0.1) is 0 Å². The number of hydrogen-bond acceptors (Lipinski definition) is 4. The minimum atomic E-state index is -4.37. The van der Waals surface area contributed by atoms with E-state index in [0.717, 1.165) is 42.4 Å². The summed E-state index contributed by atoms with van der Waals surface area (Å²) in [7, 11) is 0. The quantitative estimate of drug-likeness (QED) is 0.751. The van der Waals surface area contributed by atoms with Crippen molar-refractivity contribution < 1.29 is 17.9 Å². The van der Waals surface area contributed by atoms with Gasteiger partial charge in [-0.05, 0) is 43.9 Å². The van der Waals surface area contributed by atoms with Crippen LogP contribution in [0.15, 0.2) is 24.3 Å². The lowest BCUT2D eigenvalue weighted by Crippen LogP contribution is -2.15. The lowest BCUT2D eigenvalue weighted by atomic mass is 10.0. The van der Waals surface area contributed by atoms with Crippen LogP contribution >= 0.6 is 0 Å². The van der Waals surface area contributed by atoms with E-state index in [2.05, 4.69) is 9.97 Å². The normalized spacial score (nSPS) is 14.4. The molecule has 1 heterocycles. The number of nitrogens with two attached hydrogens (primary N) is 1. The highest BCUT2D eigenvalue weighted by Gasteiger charge is 2.33. The summed E-state index contributed by atoms with van der Waals surface area (Å²) in [6.07, 6.45) is -0.754. The van der Waals surface area contributed by atoms with Crippen LogP contribution in [0.1, 0.15) is 53.9 Å². The molecule has 0 unspecified atom stereocenters. The molecule has 4 nitrogen and oxygen atoms in total. The van der Waals surface area contributed by atoms with Crippen molar-refractivity contribution in [3.63, 3.8) is 0 Å². The van der Waals surface area contributed by atoms with Crippen molar-refractivity contribution in [2.75, 3.05) is 13.2 Å². The molecular formula is C20H24F3N3O. The molecule has 2 N–H and O–H groups in total. The molecule has 1 aromatic heterocycles. The Bertz CT molecular complexity index is 789. The van der Waals surface area contributed by atoms with Gasteiger partial charge in [-0.3, -0.25) is 0 Å². The molecule has 3 rings (SSSR count). The maximum atomic E-state index is 13.1. The molecule has 0 spiro atoms. The van der Waals surface area contributed by atoms with Crippen molar-refractivity contribution in [2.45, 2.75) is 51.1 Å². The highest BCUT2D eigenvalue weighted by atomic mass is 19.4. The summed E-state index contributed by atoms with van der Waals surface area (Å²) in [6, 6.07) is 5.59. The van der Waals surface area contributed by atoms with Gasteiger partial charge in [0, 0.05) is 17.9 Å². The van der Waals surface area contributed by atoms with Crippen molar-refractivity contribution in [3.05, 3.63) is 52.5 Å². The van der Waals surface area contributed by atoms with E-state index in [-0.39, 0.29) is 18.6 Å². The first-order valence-electron chi connectivity index (χ1n) is 9.31. The number of nitrogens with zero attached hydrogens (tertiary/aromatic N) is 2. The highest BCUT2D eigenvalue weighted by molar-refractivity contribution is 5.34. The maximum absolute atomic E-state index is 13.1. The first-order chi connectivity index (χ1) is 12.9. The van der Waals surface area contributed by atoms with Gasteiger partial charge in [0.2, 0.25) is 5.88 Å². The van der Waals surface area contributed by atoms with Crippen LogP contribution in [0, 0.1) is 0 Å². The van der Waals surface area contributed by atoms with E-state index in [1.54, 1.807) is 6.07 Å². The summed E-state index contributed by atoms with van der Waals surface area (Å²) in [6.45, 7) is 2.57. The number of benzene rings is 1. The second kappa shape index (κ2) is 8.25. The Morgan fingerprint density at radius 2 is 1.89 bits per heavy atom. The second-order valence-corrected chi connectivity index (χ2v) is 6.73. The van der Waals surface area contributed by atoms with Gasteiger partial charge >= 0.3 is 6.18 Å². The predicted octanol–water partition coefficient (Wildman–Crippen LogP) is 4.06. The first-order valence-corrected chi connectivity index (χ1v) is 9.31. The molecule has 0 radical (unpaired) electrons. The van der Waals surface area contributed by atoms with E-state index in [0.29, 0.717) is 24.8 Å². The Morgan fingerprint density at radius 3 is 2.52 bits per heavy atom. The first kappa shape index (κ1) is 19.6. The molecule has 146 valence electrons. The summed E-state index contributed by atoms with van der Waals surface area (Å²) in [4.78, 5) is 9.20. The van der Waals surface area contributed by atoms with E-state index in [1.165, 1.54) is 12.1 Å². The molecule has 0 saturated heterocycles. The van der Waals surface area contributed by atoms with Gasteiger partial charge in [0.05, 0.1) is 17.9 Å². The smallest absolute Gasteiger partial charge is 0.416 e. The van der Waals surface area contributed by atoms with Crippen molar-refractivity contribution in [3.8, 4) is 5.88 Å². The van der Waals surface area contributed by atoms with E-state index in [1.807, 2.05) is 6.92 Å². The molecule has 0 aliphatic heterocycles. The zero-order chi connectivity index (χ0) is 19.4. The van der Waals surface area contributed by atoms with Crippen molar-refractivity contribution in [2.24, 2.45) is 5.73 Å². The molecule has 2 aromatic rings. The molecule has 1 fully saturated rings. The van der Waals surface area contributed by atoms with Gasteiger partial charge in [0.25, 0.3) is 0 Å². The Kier molecular flexibility index (Phi) is 5.99. The molecule has 1 aliphatic rings. The molecule has 27 heavy (non-hydrogen) atoms. The Labute approximate surface area is 157 Å². The van der Waals surface area contributed by atoms with Gasteiger partial charge in [-0.25, -0.2) is 4.98 Å². The van der Waals surface area contributed by atoms with Crippen LogP contribution in [0.4, 0.5) is 13.2 Å². The number of alkyl halides is 3. The van der Waals surface area contributed by atoms with Gasteiger partial charge in [-0.1, -0.05) is 25.1 Å². The molecule has 1 saturated carbocycles. The van der Waals surface area contributed by atoms with E-state index < -0.39 is 11.7 Å². The van der Waals surface area contributed by atoms with Gasteiger partial charge in [0.15, 0.2) is 0 Å². The maximum Gasteiger partial charge on any atom is 0.416 e. The molecule has 1 aliphatic carbocycles. The van der Waals surface area contributed by atoms with Crippen molar-refractivity contribution >= 4 is 0 Å². The number of aromatic nitrogens is 2. The Morgan fingerprint density at radius 1 is 1.15 bits per heavy atom. The molecular weight excluding hydrogens is 355 g/mol. The summed E-state index contributed by atoms with van der Waals surface area (Å²) >= 11 is 0. The van der Waals surface area contributed by atoms with Crippen LogP contribution in [-0.2, 0) is 25.4 Å². The summed E-state index contributed by atoms with van der Waals surface area (Å²) in [5.41, 5.74) is 7.10. The number of aryl methyl sites for hydroxylation is 1. The van der Waals surface area contributed by atoms with Crippen LogP contribution in [0.25, 0.3) is 0 Å². The average Bonchev–Trinajstić information content (AvgIpc) is 3.47. The van der Waals surface area contributed by atoms with E-state index >= 15 is 0 Å². The third kappa shape index (κ3) is 4.77. The highest BCUT2D eigenvalue weighted by Crippen LogP contribution is 2.39. The van der Waals surface area contributed by atoms with Crippen LogP contribution in [0.2, 0.25) is 0 Å². The van der Waals surface area contributed by atoms with Crippen LogP contribution in [-0.4, -0.2) is 23.1 Å². The van der Waals surface area contributed by atoms with Gasteiger partial charge in [0.1, 0.15) is 5.82 Å². The van der Waals surface area contributed by atoms with Crippen molar-refractivity contribution in [1.29, 1.82) is 0 Å². The average molecular weight is 379 g/mol. The number of halogens is 3. The zero-order valence-electron chi connectivity index (χ0n) is 15.4. The fraction of sp³-hybridized carbons (Fsp3) is 0.500. The van der Waals surface area contributed by atoms with Crippen molar-refractivity contribution in [1.82, 2.24) is 9.97 Å². The Hall–Kier alpha value is -2.15. The third-order valence-electron chi connectivity index (χ3n) is 4.68.